The molecule has 0 N–H and O–H groups in total. The van der Waals surface area contributed by atoms with Crippen molar-refractivity contribution in [1.29, 1.82) is 0 Å². The van der Waals surface area contributed by atoms with Gasteiger partial charge in [-0.05, 0) is 73.0 Å². The third-order valence-electron chi connectivity index (χ3n) is 8.32. The Hall–Kier alpha value is -2.13. The van der Waals surface area contributed by atoms with Crippen LogP contribution >= 0.6 is 35.3 Å². The summed E-state index contributed by atoms with van der Waals surface area (Å²) in [4.78, 5) is 87.1. The zero-order chi connectivity index (χ0) is 36.9. The average Bonchev–Trinajstić information content (AvgIpc) is 3.03. The second-order valence-corrected chi connectivity index (χ2v) is 16.0. The highest BCUT2D eigenvalue weighted by molar-refractivity contribution is 7.98. The second-order valence-electron chi connectivity index (χ2n) is 13.0. The lowest BCUT2D eigenvalue weighted by atomic mass is 10.0. The summed E-state index contributed by atoms with van der Waals surface area (Å²) in [6, 6.07) is -3.24. The molecule has 12 nitrogen and oxygen atoms in total. The molecule has 0 radical (unpaired) electrons. The Morgan fingerprint density at radius 1 is 0.500 bits per heavy atom. The van der Waals surface area contributed by atoms with Gasteiger partial charge in [-0.3, -0.25) is 14.4 Å². The van der Waals surface area contributed by atoms with Crippen molar-refractivity contribution in [3.8, 4) is 0 Å². The van der Waals surface area contributed by atoms with Crippen LogP contribution in [0.15, 0.2) is 0 Å². The number of hydrogen-bond acceptors (Lipinski definition) is 12. The van der Waals surface area contributed by atoms with Gasteiger partial charge in [-0.25, -0.2) is 14.4 Å². The van der Waals surface area contributed by atoms with Gasteiger partial charge in [0.1, 0.15) is 18.1 Å². The van der Waals surface area contributed by atoms with E-state index in [9.17, 15) is 28.8 Å². The topological polar surface area (TPSA) is 140 Å². The van der Waals surface area contributed by atoms with Crippen molar-refractivity contribution in [2.75, 3.05) is 57.2 Å². The van der Waals surface area contributed by atoms with Crippen LogP contribution in [0.25, 0.3) is 0 Å². The van der Waals surface area contributed by atoms with Gasteiger partial charge in [-0.2, -0.15) is 35.3 Å². The van der Waals surface area contributed by atoms with Crippen LogP contribution in [0.4, 0.5) is 0 Å². The zero-order valence-electron chi connectivity index (χ0n) is 30.7. The predicted octanol–water partition coefficient (Wildman–Crippen LogP) is 3.44. The standard InChI is InChI=1S/C33H57N3O9S3/c1-19(2)25-28(37)34(7)23(14-17-47-11)32(41)44-27(21(5)6)30(39)36(9)24(15-18-48-12)33(42)45-26(20(3)4)29(38)35(8)22(13-16-46-10)31(40)43-25/h19-27H,13-18H2,1-12H3/t22-,23-,24-,25+,26+,27+/m0/s1/i7+2,8+2,9+2. The van der Waals surface area contributed by atoms with E-state index in [1.54, 1.807) is 41.5 Å². The molecule has 1 saturated heterocycles. The summed E-state index contributed by atoms with van der Waals surface area (Å²) in [6.07, 6.45) is 2.47. The van der Waals surface area contributed by atoms with E-state index < -0.39 is 89.8 Å². The fraction of sp³-hybridized carbons (Fsp3) is 0.818. The highest BCUT2D eigenvalue weighted by Crippen LogP contribution is 2.24. The van der Waals surface area contributed by atoms with Gasteiger partial charge in [-0.1, -0.05) is 41.5 Å². The van der Waals surface area contributed by atoms with Crippen LogP contribution in [-0.4, -0.2) is 144 Å². The van der Waals surface area contributed by atoms with Gasteiger partial charge in [0.2, 0.25) is 0 Å². The van der Waals surface area contributed by atoms with Crippen LogP contribution in [-0.2, 0) is 43.0 Å². The third-order valence-corrected chi connectivity index (χ3v) is 10.3. The number of carbonyl (C=O) groups excluding carboxylic acids is 6. The molecule has 0 unspecified atom stereocenters. The number of nitrogens with zero attached hydrogens (tertiary/aromatic N) is 3. The number of cyclic esters (lactones) is 3. The molecule has 15 heteroatoms. The average molecular weight is 742 g/mol. The normalized spacial score (nSPS) is 26.2. The molecule has 0 saturated carbocycles. The Kier molecular flexibility index (Phi) is 19.4. The van der Waals surface area contributed by atoms with Gasteiger partial charge in [0.05, 0.1) is 0 Å². The summed E-state index contributed by atoms with van der Waals surface area (Å²) >= 11 is 4.44. The number of likely N-dealkylation sites (N-methyl/N-ethyl adjacent to an activating group) is 3. The number of esters is 3. The van der Waals surface area contributed by atoms with Crippen LogP contribution in [0.3, 0.4) is 0 Å². The second kappa shape index (κ2) is 21.2. The highest BCUT2D eigenvalue weighted by atomic mass is 32.2. The number of ether oxygens (including phenoxy) is 3. The van der Waals surface area contributed by atoms with Crippen molar-refractivity contribution in [2.45, 2.75) is 97.2 Å². The Balaban J connectivity index is 3.91. The monoisotopic (exact) mass is 741 g/mol. The summed E-state index contributed by atoms with van der Waals surface area (Å²) in [7, 11) is 4.37. The molecule has 1 heterocycles. The van der Waals surface area contributed by atoms with E-state index in [4.69, 9.17) is 14.2 Å². The molecule has 48 heavy (non-hydrogen) atoms. The van der Waals surface area contributed by atoms with Gasteiger partial charge >= 0.3 is 17.9 Å². The molecule has 6 atom stereocenters. The number of amides is 3. The van der Waals surface area contributed by atoms with Crippen LogP contribution in [0.5, 0.6) is 0 Å². The van der Waals surface area contributed by atoms with Gasteiger partial charge in [0.25, 0.3) is 17.7 Å². The lowest BCUT2D eigenvalue weighted by Crippen LogP contribution is -2.56. The molecule has 1 aliphatic heterocycles. The maximum atomic E-state index is 14.0. The Morgan fingerprint density at radius 2 is 0.708 bits per heavy atom. The maximum Gasteiger partial charge on any atom is 0.329 e. The third kappa shape index (κ3) is 12.0. The number of carbonyl (C=O) groups is 6. The molecular formula is C33H57N3O9S3. The minimum Gasteiger partial charge on any atom is -0.450 e. The molecule has 0 aromatic rings. The van der Waals surface area contributed by atoms with Crippen molar-refractivity contribution >= 4 is 70.9 Å². The number of thioether (sulfide) groups is 3. The maximum absolute atomic E-state index is 14.0. The Bertz CT molecular complexity index is 974. The largest absolute Gasteiger partial charge is 0.450 e. The SMILES string of the molecule is CSCC[C@H]1C(=O)O[C@H](C(C)C)C(=O)N([14CH3])[C@@H](CCSC)C(=O)O[C@H](C(C)C)C(=O)N([14CH3])[C@@H](CCSC)C(=O)O[C@H](C(C)C)C(=O)N1[14CH3]. The minimum absolute atomic E-state index is 0.225. The van der Waals surface area contributed by atoms with E-state index in [1.165, 1.54) is 71.1 Å². The van der Waals surface area contributed by atoms with E-state index in [0.717, 1.165) is 0 Å². The lowest BCUT2D eigenvalue weighted by Gasteiger charge is -2.36. The van der Waals surface area contributed by atoms with E-state index >= 15 is 0 Å². The molecule has 0 spiro atoms. The first-order valence-electron chi connectivity index (χ1n) is 16.3. The van der Waals surface area contributed by atoms with Gasteiger partial charge in [-0.15, -0.1) is 0 Å². The first-order valence-corrected chi connectivity index (χ1v) is 20.5. The van der Waals surface area contributed by atoms with Crippen LogP contribution in [0, 0.1) is 17.8 Å². The molecule has 276 valence electrons. The summed E-state index contributed by atoms with van der Waals surface area (Å²) in [5, 5.41) is 0. The van der Waals surface area contributed by atoms with Crippen molar-refractivity contribution in [3.63, 3.8) is 0 Å². The Morgan fingerprint density at radius 3 is 0.875 bits per heavy atom. The lowest BCUT2D eigenvalue weighted by molar-refractivity contribution is -0.179. The van der Waals surface area contributed by atoms with Crippen molar-refractivity contribution in [2.24, 2.45) is 17.8 Å². The summed E-state index contributed by atoms with van der Waals surface area (Å²) in [5.74, 6) is -4.04. The van der Waals surface area contributed by atoms with E-state index in [2.05, 4.69) is 0 Å². The van der Waals surface area contributed by atoms with Crippen LogP contribution in [0.1, 0.15) is 60.8 Å². The fourth-order valence-electron chi connectivity index (χ4n) is 5.19. The fourth-order valence-corrected chi connectivity index (χ4v) is 6.56. The quantitative estimate of drug-likeness (QED) is 0.214. The van der Waals surface area contributed by atoms with E-state index in [0.29, 0.717) is 17.3 Å². The first kappa shape index (κ1) is 43.9. The summed E-state index contributed by atoms with van der Waals surface area (Å²) < 4.78 is 17.6. The molecule has 0 aliphatic carbocycles. The van der Waals surface area contributed by atoms with E-state index in [-0.39, 0.29) is 19.3 Å². The van der Waals surface area contributed by atoms with Crippen molar-refractivity contribution in [3.05, 3.63) is 0 Å². The first-order chi connectivity index (χ1) is 22.5. The minimum atomic E-state index is -1.27. The zero-order valence-corrected chi connectivity index (χ0v) is 33.1. The molecular weight excluding hydrogens is 685 g/mol. The molecule has 1 rings (SSSR count). The smallest absolute Gasteiger partial charge is 0.329 e. The molecule has 0 bridgehead atoms. The molecule has 1 aliphatic rings. The van der Waals surface area contributed by atoms with Crippen LogP contribution in [0.2, 0.25) is 0 Å². The Labute approximate surface area is 299 Å². The van der Waals surface area contributed by atoms with Crippen LogP contribution < -0.4 is 0 Å². The van der Waals surface area contributed by atoms with Crippen molar-refractivity contribution < 1.29 is 43.0 Å². The number of hydrogen-bond donors (Lipinski definition) is 0. The number of rotatable bonds is 12. The summed E-state index contributed by atoms with van der Waals surface area (Å²) in [5.41, 5.74) is 0. The molecule has 1 fully saturated rings. The molecule has 3 amide bonds. The molecule has 0 aromatic carbocycles. The predicted molar refractivity (Wildman–Crippen MR) is 193 cm³/mol. The van der Waals surface area contributed by atoms with Gasteiger partial charge in [0.15, 0.2) is 18.3 Å². The summed E-state index contributed by atoms with van der Waals surface area (Å²) in [6.45, 7) is 10.3. The molecule has 0 aromatic heterocycles. The van der Waals surface area contributed by atoms with E-state index in [1.807, 2.05) is 18.8 Å². The van der Waals surface area contributed by atoms with Gasteiger partial charge in [0, 0.05) is 21.1 Å². The van der Waals surface area contributed by atoms with Gasteiger partial charge < -0.3 is 28.9 Å². The highest BCUT2D eigenvalue weighted by Gasteiger charge is 2.43. The van der Waals surface area contributed by atoms with Crippen molar-refractivity contribution in [1.82, 2.24) is 14.7 Å².